The molecular formula is C16H16O4. The number of benzene rings is 2. The molecule has 0 unspecified atom stereocenters. The van der Waals surface area contributed by atoms with Crippen LogP contribution in [0.4, 0.5) is 0 Å². The van der Waals surface area contributed by atoms with E-state index in [1.165, 1.54) is 38.1 Å². The molecule has 2 N–H and O–H groups in total. The number of aromatic hydroxyl groups is 2. The Kier molecular flexibility index (Phi) is 5.47. The molecule has 2 aromatic rings. The van der Waals surface area contributed by atoms with E-state index in [1.807, 2.05) is 0 Å². The second-order valence-electron chi connectivity index (χ2n) is 4.21. The largest absolute Gasteiger partial charge is 0.508 e. The lowest BCUT2D eigenvalue weighted by atomic mass is 10.1. The fourth-order valence-electron chi connectivity index (χ4n) is 1.39. The van der Waals surface area contributed by atoms with Crippen molar-refractivity contribution in [1.82, 2.24) is 0 Å². The summed E-state index contributed by atoms with van der Waals surface area (Å²) < 4.78 is 0. The van der Waals surface area contributed by atoms with E-state index in [0.717, 1.165) is 0 Å². The molecule has 0 radical (unpaired) electrons. The van der Waals surface area contributed by atoms with Gasteiger partial charge < -0.3 is 10.2 Å². The molecule has 2 aromatic carbocycles. The Morgan fingerprint density at radius 2 is 0.900 bits per heavy atom. The average Bonchev–Trinajstić information content (AvgIpc) is 2.40. The Balaban J connectivity index is 0.000000200. The van der Waals surface area contributed by atoms with Gasteiger partial charge >= 0.3 is 0 Å². The highest BCUT2D eigenvalue weighted by Crippen LogP contribution is 2.10. The average molecular weight is 272 g/mol. The number of hydrogen-bond acceptors (Lipinski definition) is 4. The second-order valence-corrected chi connectivity index (χ2v) is 4.21. The molecule has 0 heterocycles. The molecule has 0 atom stereocenters. The number of carbonyl (C=O) groups excluding carboxylic acids is 2. The summed E-state index contributed by atoms with van der Waals surface area (Å²) in [6.07, 6.45) is 0. The van der Waals surface area contributed by atoms with Crippen molar-refractivity contribution in [1.29, 1.82) is 0 Å². The van der Waals surface area contributed by atoms with Gasteiger partial charge in [0.2, 0.25) is 0 Å². The second kappa shape index (κ2) is 7.09. The van der Waals surface area contributed by atoms with E-state index in [9.17, 15) is 9.59 Å². The Morgan fingerprint density at radius 3 is 1.10 bits per heavy atom. The maximum Gasteiger partial charge on any atom is 0.159 e. The van der Waals surface area contributed by atoms with Crippen molar-refractivity contribution in [3.63, 3.8) is 0 Å². The minimum atomic E-state index is 0.0139. The number of phenols is 2. The van der Waals surface area contributed by atoms with E-state index in [4.69, 9.17) is 10.2 Å². The monoisotopic (exact) mass is 272 g/mol. The highest BCUT2D eigenvalue weighted by molar-refractivity contribution is 5.94. The molecule has 20 heavy (non-hydrogen) atoms. The van der Waals surface area contributed by atoms with Crippen LogP contribution < -0.4 is 0 Å². The lowest BCUT2D eigenvalue weighted by Crippen LogP contribution is -1.89. The van der Waals surface area contributed by atoms with E-state index in [1.54, 1.807) is 24.3 Å². The lowest BCUT2D eigenvalue weighted by molar-refractivity contribution is 0.100. The SMILES string of the molecule is CC(=O)c1ccc(O)cc1.CC(=O)c1ccc(O)cc1. The number of ketones is 2. The van der Waals surface area contributed by atoms with Crippen molar-refractivity contribution in [2.24, 2.45) is 0 Å². The molecular weight excluding hydrogens is 256 g/mol. The maximum absolute atomic E-state index is 10.7. The van der Waals surface area contributed by atoms with E-state index in [2.05, 4.69) is 0 Å². The van der Waals surface area contributed by atoms with Crippen LogP contribution in [0.2, 0.25) is 0 Å². The van der Waals surface area contributed by atoms with Crippen LogP contribution in [0.3, 0.4) is 0 Å². The van der Waals surface area contributed by atoms with Crippen molar-refractivity contribution in [3.05, 3.63) is 59.7 Å². The van der Waals surface area contributed by atoms with Crippen molar-refractivity contribution in [2.45, 2.75) is 13.8 Å². The van der Waals surface area contributed by atoms with Crippen molar-refractivity contribution < 1.29 is 19.8 Å². The third-order valence-electron chi connectivity index (χ3n) is 2.55. The van der Waals surface area contributed by atoms with Crippen molar-refractivity contribution >= 4 is 11.6 Å². The summed E-state index contributed by atoms with van der Waals surface area (Å²) in [6, 6.07) is 12.4. The quantitative estimate of drug-likeness (QED) is 0.823. The molecule has 4 heteroatoms. The third-order valence-corrected chi connectivity index (χ3v) is 2.55. The molecule has 104 valence electrons. The first-order chi connectivity index (χ1) is 9.40. The zero-order valence-electron chi connectivity index (χ0n) is 11.3. The smallest absolute Gasteiger partial charge is 0.159 e. The number of Topliss-reactive ketones (excluding diaryl/α,β-unsaturated/α-hetero) is 2. The van der Waals surface area contributed by atoms with Crippen LogP contribution in [-0.4, -0.2) is 21.8 Å². The van der Waals surface area contributed by atoms with Gasteiger partial charge in [-0.1, -0.05) is 0 Å². The molecule has 0 fully saturated rings. The van der Waals surface area contributed by atoms with Gasteiger partial charge in [-0.25, -0.2) is 0 Å². The molecule has 0 bridgehead atoms. The van der Waals surface area contributed by atoms with Crippen LogP contribution in [0.5, 0.6) is 11.5 Å². The molecule has 0 aromatic heterocycles. The molecule has 4 nitrogen and oxygen atoms in total. The van der Waals surface area contributed by atoms with Crippen LogP contribution in [0, 0.1) is 0 Å². The molecule has 0 saturated carbocycles. The van der Waals surface area contributed by atoms with Gasteiger partial charge in [0.1, 0.15) is 11.5 Å². The van der Waals surface area contributed by atoms with E-state index >= 15 is 0 Å². The highest BCUT2D eigenvalue weighted by Gasteiger charge is 1.96. The summed E-state index contributed by atoms with van der Waals surface area (Å²) in [7, 11) is 0. The fourth-order valence-corrected chi connectivity index (χ4v) is 1.39. The first kappa shape index (κ1) is 15.4. The normalized spacial score (nSPS) is 9.30. The van der Waals surface area contributed by atoms with E-state index < -0.39 is 0 Å². The Labute approximate surface area is 117 Å². The summed E-state index contributed by atoms with van der Waals surface area (Å²) >= 11 is 0. The van der Waals surface area contributed by atoms with Gasteiger partial charge in [0.25, 0.3) is 0 Å². The summed E-state index contributed by atoms with van der Waals surface area (Å²) in [5, 5.41) is 17.7. The number of rotatable bonds is 2. The molecule has 0 aliphatic carbocycles. The summed E-state index contributed by atoms with van der Waals surface area (Å²) in [5.74, 6) is 0.398. The Hall–Kier alpha value is -2.62. The highest BCUT2D eigenvalue weighted by atomic mass is 16.3. The van der Waals surface area contributed by atoms with Gasteiger partial charge in [-0.05, 0) is 62.4 Å². The van der Waals surface area contributed by atoms with Gasteiger partial charge in [0, 0.05) is 11.1 Å². The predicted octanol–water partition coefficient (Wildman–Crippen LogP) is 3.19. The standard InChI is InChI=1S/2C8H8O2/c2*1-6(9)7-2-4-8(10)5-3-7/h2*2-5,10H,1H3. The van der Waals surface area contributed by atoms with Crippen LogP contribution in [-0.2, 0) is 0 Å². The minimum Gasteiger partial charge on any atom is -0.508 e. The van der Waals surface area contributed by atoms with Crippen LogP contribution >= 0.6 is 0 Å². The molecule has 0 aliphatic heterocycles. The first-order valence-electron chi connectivity index (χ1n) is 6.00. The first-order valence-corrected chi connectivity index (χ1v) is 6.00. The van der Waals surface area contributed by atoms with Gasteiger partial charge in [-0.3, -0.25) is 9.59 Å². The number of carbonyl (C=O) groups is 2. The Bertz CT molecular complexity index is 527. The molecule has 2 rings (SSSR count). The van der Waals surface area contributed by atoms with Gasteiger partial charge in [0.05, 0.1) is 0 Å². The zero-order valence-corrected chi connectivity index (χ0v) is 11.3. The minimum absolute atomic E-state index is 0.0139. The molecule has 0 spiro atoms. The zero-order chi connectivity index (χ0) is 15.1. The topological polar surface area (TPSA) is 74.6 Å². The van der Waals surface area contributed by atoms with E-state index in [0.29, 0.717) is 11.1 Å². The molecule has 0 amide bonds. The molecule has 0 aliphatic rings. The van der Waals surface area contributed by atoms with Crippen LogP contribution in [0.15, 0.2) is 48.5 Å². The Morgan fingerprint density at radius 1 is 0.650 bits per heavy atom. The van der Waals surface area contributed by atoms with Gasteiger partial charge in [-0.2, -0.15) is 0 Å². The summed E-state index contributed by atoms with van der Waals surface area (Å²) in [5.41, 5.74) is 1.25. The maximum atomic E-state index is 10.7. The van der Waals surface area contributed by atoms with Crippen molar-refractivity contribution in [2.75, 3.05) is 0 Å². The number of hydrogen-bond donors (Lipinski definition) is 2. The van der Waals surface area contributed by atoms with E-state index in [-0.39, 0.29) is 23.1 Å². The van der Waals surface area contributed by atoms with Crippen molar-refractivity contribution in [3.8, 4) is 11.5 Å². The summed E-state index contributed by atoms with van der Waals surface area (Å²) in [4.78, 5) is 21.4. The van der Waals surface area contributed by atoms with Crippen LogP contribution in [0.25, 0.3) is 0 Å². The molecule has 0 saturated heterocycles. The lowest BCUT2D eigenvalue weighted by Gasteiger charge is -1.93. The predicted molar refractivity (Wildman–Crippen MR) is 76.2 cm³/mol. The summed E-state index contributed by atoms with van der Waals surface area (Å²) in [6.45, 7) is 2.98. The van der Waals surface area contributed by atoms with Crippen LogP contribution in [0.1, 0.15) is 34.6 Å². The van der Waals surface area contributed by atoms with Gasteiger partial charge in [-0.15, -0.1) is 0 Å². The third kappa shape index (κ3) is 4.94. The fraction of sp³-hybridized carbons (Fsp3) is 0.125. The van der Waals surface area contributed by atoms with Gasteiger partial charge in [0.15, 0.2) is 11.6 Å². The number of phenolic OH excluding ortho intramolecular Hbond substituents is 2.